The maximum Gasteiger partial charge on any atom is 0.314 e. The van der Waals surface area contributed by atoms with Gasteiger partial charge in [0.05, 0.1) is 12.7 Å². The highest BCUT2D eigenvalue weighted by Gasteiger charge is 2.22. The number of carbonyl (C=O) groups excluding carboxylic acids is 2. The van der Waals surface area contributed by atoms with Gasteiger partial charge >= 0.3 is 11.8 Å². The van der Waals surface area contributed by atoms with E-state index in [1.165, 1.54) is 16.2 Å². The molecule has 3 aromatic rings. The summed E-state index contributed by atoms with van der Waals surface area (Å²) < 4.78 is 1.82. The lowest BCUT2D eigenvalue weighted by Crippen LogP contribution is -2.39. The van der Waals surface area contributed by atoms with Crippen LogP contribution in [0, 0.1) is 0 Å². The van der Waals surface area contributed by atoms with Gasteiger partial charge in [0.1, 0.15) is 15.8 Å². The van der Waals surface area contributed by atoms with Crippen molar-refractivity contribution in [1.82, 2.24) is 19.4 Å². The van der Waals surface area contributed by atoms with Gasteiger partial charge < -0.3 is 14.8 Å². The molecule has 0 saturated heterocycles. The second-order valence-corrected chi connectivity index (χ2v) is 6.65. The molecule has 0 fully saturated rings. The van der Waals surface area contributed by atoms with E-state index in [-0.39, 0.29) is 6.54 Å². The SMILES string of the molecule is CCN(Cc1nccn1C)C(=O)C(=O)Nc1cnc(-c2ccccc2)s1. The number of hydrogen-bond donors (Lipinski definition) is 1. The number of benzene rings is 1. The molecular weight excluding hydrogens is 350 g/mol. The van der Waals surface area contributed by atoms with Crippen LogP contribution < -0.4 is 5.32 Å². The normalized spacial score (nSPS) is 10.5. The van der Waals surface area contributed by atoms with Crippen LogP contribution in [0.5, 0.6) is 0 Å². The first-order valence-corrected chi connectivity index (χ1v) is 8.98. The molecule has 2 heterocycles. The lowest BCUT2D eigenvalue weighted by Gasteiger charge is -2.19. The fourth-order valence-corrected chi connectivity index (χ4v) is 3.22. The van der Waals surface area contributed by atoms with Gasteiger partial charge in [-0.1, -0.05) is 41.7 Å². The van der Waals surface area contributed by atoms with E-state index in [0.717, 1.165) is 16.4 Å². The van der Waals surface area contributed by atoms with Gasteiger partial charge in [0.25, 0.3) is 0 Å². The molecule has 0 spiro atoms. The molecule has 3 rings (SSSR count). The van der Waals surface area contributed by atoms with Gasteiger partial charge in [0.2, 0.25) is 0 Å². The summed E-state index contributed by atoms with van der Waals surface area (Å²) in [6.45, 7) is 2.52. The molecule has 0 aliphatic heterocycles. The van der Waals surface area contributed by atoms with Gasteiger partial charge in [-0.15, -0.1) is 0 Å². The van der Waals surface area contributed by atoms with E-state index in [9.17, 15) is 9.59 Å². The number of thiazole rings is 1. The molecule has 0 unspecified atom stereocenters. The number of nitrogens with zero attached hydrogens (tertiary/aromatic N) is 4. The van der Waals surface area contributed by atoms with Crippen LogP contribution in [0.2, 0.25) is 0 Å². The molecule has 2 amide bonds. The summed E-state index contributed by atoms with van der Waals surface area (Å²) in [5, 5.41) is 3.96. The molecule has 0 bridgehead atoms. The van der Waals surface area contributed by atoms with Crippen molar-refractivity contribution in [3.05, 3.63) is 54.7 Å². The topological polar surface area (TPSA) is 80.1 Å². The standard InChI is InChI=1S/C18H19N5O2S/c1-3-23(12-14-19-9-10-22(14)2)18(25)16(24)21-15-11-20-17(26-15)13-7-5-4-6-8-13/h4-11H,3,12H2,1-2H3,(H,21,24). The first kappa shape index (κ1) is 17.8. The average Bonchev–Trinajstić information content (AvgIpc) is 3.29. The smallest absolute Gasteiger partial charge is 0.314 e. The zero-order valence-corrected chi connectivity index (χ0v) is 15.4. The Hall–Kier alpha value is -3.00. The van der Waals surface area contributed by atoms with Crippen molar-refractivity contribution in [2.75, 3.05) is 11.9 Å². The summed E-state index contributed by atoms with van der Waals surface area (Å²) in [5.74, 6) is -0.549. The summed E-state index contributed by atoms with van der Waals surface area (Å²) >= 11 is 1.33. The van der Waals surface area contributed by atoms with Gasteiger partial charge in [-0.05, 0) is 6.92 Å². The van der Waals surface area contributed by atoms with Crippen molar-refractivity contribution in [3.8, 4) is 10.6 Å². The molecule has 26 heavy (non-hydrogen) atoms. The minimum absolute atomic E-state index is 0.282. The van der Waals surface area contributed by atoms with Crippen LogP contribution in [0.1, 0.15) is 12.7 Å². The molecule has 1 N–H and O–H groups in total. The molecule has 7 nitrogen and oxygen atoms in total. The summed E-state index contributed by atoms with van der Waals surface area (Å²) in [6, 6.07) is 9.67. The Kier molecular flexibility index (Phi) is 5.43. The third-order valence-corrected chi connectivity index (χ3v) is 4.84. The summed E-state index contributed by atoms with van der Waals surface area (Å²) in [7, 11) is 1.85. The number of aromatic nitrogens is 3. The van der Waals surface area contributed by atoms with Gasteiger partial charge in [0, 0.05) is 31.5 Å². The maximum atomic E-state index is 12.5. The zero-order chi connectivity index (χ0) is 18.5. The largest absolute Gasteiger partial charge is 0.337 e. The fourth-order valence-electron chi connectivity index (χ4n) is 2.40. The number of amides is 2. The van der Waals surface area contributed by atoms with Crippen molar-refractivity contribution in [2.24, 2.45) is 7.05 Å². The minimum Gasteiger partial charge on any atom is -0.337 e. The Bertz CT molecular complexity index is 903. The first-order valence-electron chi connectivity index (χ1n) is 8.16. The van der Waals surface area contributed by atoms with Crippen LogP contribution in [-0.2, 0) is 23.2 Å². The molecule has 0 radical (unpaired) electrons. The summed E-state index contributed by atoms with van der Waals surface area (Å²) in [5.41, 5.74) is 0.967. The third kappa shape index (κ3) is 3.97. The highest BCUT2D eigenvalue weighted by Crippen LogP contribution is 2.28. The lowest BCUT2D eigenvalue weighted by atomic mass is 10.2. The van der Waals surface area contributed by atoms with Gasteiger partial charge in [-0.25, -0.2) is 9.97 Å². The van der Waals surface area contributed by atoms with E-state index in [0.29, 0.717) is 11.5 Å². The Morgan fingerprint density at radius 1 is 1.23 bits per heavy atom. The van der Waals surface area contributed by atoms with E-state index in [4.69, 9.17) is 0 Å². The van der Waals surface area contributed by atoms with Crippen molar-refractivity contribution in [1.29, 1.82) is 0 Å². The molecular formula is C18H19N5O2S. The quantitative estimate of drug-likeness (QED) is 0.701. The Morgan fingerprint density at radius 3 is 2.65 bits per heavy atom. The molecule has 0 aliphatic rings. The van der Waals surface area contributed by atoms with Crippen LogP contribution in [0.4, 0.5) is 5.00 Å². The summed E-state index contributed by atoms with van der Waals surface area (Å²) in [6.07, 6.45) is 5.03. The number of hydrogen-bond acceptors (Lipinski definition) is 5. The molecule has 8 heteroatoms. The number of nitrogens with one attached hydrogen (secondary N) is 1. The molecule has 2 aromatic heterocycles. The van der Waals surface area contributed by atoms with Gasteiger partial charge in [-0.2, -0.15) is 0 Å². The second-order valence-electron chi connectivity index (χ2n) is 5.62. The maximum absolute atomic E-state index is 12.5. The number of likely N-dealkylation sites (N-methyl/N-ethyl adjacent to an activating group) is 1. The monoisotopic (exact) mass is 369 g/mol. The predicted octanol–water partition coefficient (Wildman–Crippen LogP) is 2.53. The number of anilines is 1. The van der Waals surface area contributed by atoms with Crippen molar-refractivity contribution >= 4 is 28.2 Å². The number of rotatable bonds is 5. The Labute approximate surface area is 155 Å². The molecule has 134 valence electrons. The van der Waals surface area contributed by atoms with Gasteiger partial charge in [-0.3, -0.25) is 9.59 Å². The van der Waals surface area contributed by atoms with Crippen LogP contribution in [-0.4, -0.2) is 37.8 Å². The van der Waals surface area contributed by atoms with Crippen LogP contribution in [0.25, 0.3) is 10.6 Å². The average molecular weight is 369 g/mol. The van der Waals surface area contributed by atoms with Crippen LogP contribution in [0.15, 0.2) is 48.9 Å². The minimum atomic E-state index is -0.677. The highest BCUT2D eigenvalue weighted by atomic mass is 32.1. The summed E-state index contributed by atoms with van der Waals surface area (Å²) in [4.78, 5) is 34.7. The van der Waals surface area contributed by atoms with Crippen molar-refractivity contribution in [2.45, 2.75) is 13.5 Å². The second kappa shape index (κ2) is 7.92. The van der Waals surface area contributed by atoms with E-state index in [2.05, 4.69) is 15.3 Å². The molecule has 0 saturated carbocycles. The number of carbonyl (C=O) groups is 2. The Balaban J connectivity index is 1.66. The Morgan fingerprint density at radius 2 is 2.00 bits per heavy atom. The van der Waals surface area contributed by atoms with Crippen LogP contribution >= 0.6 is 11.3 Å². The zero-order valence-electron chi connectivity index (χ0n) is 14.5. The number of aryl methyl sites for hydroxylation is 1. The lowest BCUT2D eigenvalue weighted by molar-refractivity contribution is -0.143. The van der Waals surface area contributed by atoms with E-state index in [1.807, 2.05) is 48.9 Å². The molecule has 0 atom stereocenters. The van der Waals surface area contributed by atoms with Gasteiger partial charge in [0.15, 0.2) is 0 Å². The van der Waals surface area contributed by atoms with E-state index >= 15 is 0 Å². The van der Waals surface area contributed by atoms with E-state index in [1.54, 1.807) is 18.6 Å². The fraction of sp³-hybridized carbons (Fsp3) is 0.222. The van der Waals surface area contributed by atoms with Crippen molar-refractivity contribution < 1.29 is 9.59 Å². The van der Waals surface area contributed by atoms with Crippen LogP contribution in [0.3, 0.4) is 0 Å². The molecule has 1 aromatic carbocycles. The number of imidazole rings is 1. The molecule has 0 aliphatic carbocycles. The van der Waals surface area contributed by atoms with E-state index < -0.39 is 11.8 Å². The van der Waals surface area contributed by atoms with Crippen molar-refractivity contribution in [3.63, 3.8) is 0 Å². The highest BCUT2D eigenvalue weighted by molar-refractivity contribution is 7.19. The third-order valence-electron chi connectivity index (χ3n) is 3.88. The first-order chi connectivity index (χ1) is 12.6. The predicted molar refractivity (Wildman–Crippen MR) is 100 cm³/mol.